The molecule has 2 aliphatic rings. The van der Waals surface area contributed by atoms with Gasteiger partial charge in [0.2, 0.25) is 5.75 Å². The molecule has 0 saturated heterocycles. The third-order valence-corrected chi connectivity index (χ3v) is 6.84. The van der Waals surface area contributed by atoms with Gasteiger partial charge in [-0.2, -0.15) is 5.26 Å². The lowest BCUT2D eigenvalue weighted by molar-refractivity contribution is -0.144. The van der Waals surface area contributed by atoms with Crippen LogP contribution in [-0.4, -0.2) is 44.9 Å². The summed E-state index contributed by atoms with van der Waals surface area (Å²) in [6.45, 7) is 7.66. The SMILES string of the molecule is COc1cc([C@H]2C(C#N)=C(SCC(=O)OC(C)C)NC3=C2C(=O)CC(C)(C)C3)cc(OC)c1OC. The van der Waals surface area contributed by atoms with Crippen LogP contribution in [0, 0.1) is 16.7 Å². The number of rotatable bonds is 8. The number of nitrogens with one attached hydrogen (secondary N) is 1. The van der Waals surface area contributed by atoms with Crippen LogP contribution < -0.4 is 19.5 Å². The van der Waals surface area contributed by atoms with E-state index in [1.165, 1.54) is 33.1 Å². The number of hydrogen-bond acceptors (Lipinski definition) is 9. The highest BCUT2D eigenvalue weighted by molar-refractivity contribution is 8.03. The summed E-state index contributed by atoms with van der Waals surface area (Å²) in [6.07, 6.45) is 0.773. The number of allylic oxidation sites excluding steroid dienone is 3. The molecule has 1 aromatic carbocycles. The number of hydrogen-bond donors (Lipinski definition) is 1. The first-order valence-corrected chi connectivity index (χ1v) is 12.3. The van der Waals surface area contributed by atoms with Crippen LogP contribution in [0.15, 0.2) is 34.0 Å². The van der Waals surface area contributed by atoms with Gasteiger partial charge in [-0.25, -0.2) is 0 Å². The quantitative estimate of drug-likeness (QED) is 0.518. The number of thioether (sulfide) groups is 1. The fraction of sp³-hybridized carbons (Fsp3) is 0.500. The number of dihydropyridines is 1. The van der Waals surface area contributed by atoms with E-state index in [4.69, 9.17) is 18.9 Å². The molecule has 0 unspecified atom stereocenters. The van der Waals surface area contributed by atoms with Crippen molar-refractivity contribution in [3.8, 4) is 23.3 Å². The Kier molecular flexibility index (Phi) is 8.06. The lowest BCUT2D eigenvalue weighted by atomic mass is 9.69. The largest absolute Gasteiger partial charge is 0.493 e. The van der Waals surface area contributed by atoms with Crippen molar-refractivity contribution < 1.29 is 28.5 Å². The minimum Gasteiger partial charge on any atom is -0.493 e. The van der Waals surface area contributed by atoms with Gasteiger partial charge in [-0.15, -0.1) is 0 Å². The minimum atomic E-state index is -0.642. The number of nitrogens with zero attached hydrogens (tertiary/aromatic N) is 1. The molecule has 9 heteroatoms. The van der Waals surface area contributed by atoms with E-state index in [1.54, 1.807) is 26.0 Å². The van der Waals surface area contributed by atoms with Crippen LogP contribution in [0.1, 0.15) is 52.0 Å². The molecular weight excluding hydrogens is 468 g/mol. The Balaban J connectivity index is 2.17. The first kappa shape index (κ1) is 26.5. The van der Waals surface area contributed by atoms with E-state index in [0.717, 1.165) is 5.70 Å². The van der Waals surface area contributed by atoms with Crippen molar-refractivity contribution in [3.05, 3.63) is 39.6 Å². The molecule has 1 aliphatic carbocycles. The Morgan fingerprint density at radius 3 is 2.31 bits per heavy atom. The van der Waals surface area contributed by atoms with Crippen LogP contribution in [0.4, 0.5) is 0 Å². The third-order valence-electron chi connectivity index (χ3n) is 5.85. The van der Waals surface area contributed by atoms with Gasteiger partial charge in [-0.05, 0) is 43.4 Å². The van der Waals surface area contributed by atoms with Gasteiger partial charge in [-0.3, -0.25) is 9.59 Å². The number of carbonyl (C=O) groups is 2. The van der Waals surface area contributed by atoms with E-state index in [9.17, 15) is 14.9 Å². The molecule has 35 heavy (non-hydrogen) atoms. The maximum absolute atomic E-state index is 13.4. The van der Waals surface area contributed by atoms with Gasteiger partial charge in [0.05, 0.1) is 55.8 Å². The van der Waals surface area contributed by atoms with Crippen LogP contribution in [0.2, 0.25) is 0 Å². The predicted molar refractivity (Wildman–Crippen MR) is 133 cm³/mol. The molecule has 0 spiro atoms. The van der Waals surface area contributed by atoms with E-state index < -0.39 is 5.92 Å². The number of nitriles is 1. The highest BCUT2D eigenvalue weighted by Gasteiger charge is 2.42. The second-order valence-corrected chi connectivity index (χ2v) is 10.5. The fourth-order valence-electron chi connectivity index (χ4n) is 4.52. The molecule has 0 radical (unpaired) electrons. The molecule has 0 bridgehead atoms. The molecule has 0 saturated carbocycles. The van der Waals surface area contributed by atoms with Gasteiger partial charge < -0.3 is 24.3 Å². The zero-order chi connectivity index (χ0) is 25.9. The van der Waals surface area contributed by atoms with Gasteiger partial charge in [0.1, 0.15) is 0 Å². The summed E-state index contributed by atoms with van der Waals surface area (Å²) in [5.41, 5.74) is 2.11. The summed E-state index contributed by atoms with van der Waals surface area (Å²) < 4.78 is 21.8. The summed E-state index contributed by atoms with van der Waals surface area (Å²) in [5, 5.41) is 14.1. The summed E-state index contributed by atoms with van der Waals surface area (Å²) in [5.74, 6) is 0.285. The number of Topliss-reactive ketones (excluding diaryl/α,β-unsaturated/α-hetero) is 1. The maximum Gasteiger partial charge on any atom is 0.316 e. The third kappa shape index (κ3) is 5.59. The Bertz CT molecular complexity index is 1100. The monoisotopic (exact) mass is 500 g/mol. The number of methoxy groups -OCH3 is 3. The molecule has 188 valence electrons. The predicted octanol–water partition coefficient (Wildman–Crippen LogP) is 4.46. The standard InChI is InChI=1S/C26H32N2O6S/c1-14(2)34-21(30)13-35-25-16(12-27)22(23-17(28-25)10-26(3,4)11-18(23)29)15-8-19(31-5)24(33-7)20(9-15)32-6/h8-9,14,22,28H,10-11,13H2,1-7H3/t22-/m0/s1. The summed E-state index contributed by atoms with van der Waals surface area (Å²) >= 11 is 1.20. The number of ether oxygens (including phenoxy) is 4. The molecule has 1 atom stereocenters. The van der Waals surface area contributed by atoms with Gasteiger partial charge in [0, 0.05) is 17.7 Å². The second kappa shape index (κ2) is 10.6. The van der Waals surface area contributed by atoms with Gasteiger partial charge >= 0.3 is 5.97 Å². The van der Waals surface area contributed by atoms with E-state index in [-0.39, 0.29) is 29.0 Å². The number of esters is 1. The Labute approximate surface area is 210 Å². The first-order chi connectivity index (χ1) is 16.5. The lowest BCUT2D eigenvalue weighted by Crippen LogP contribution is -2.37. The topological polar surface area (TPSA) is 107 Å². The summed E-state index contributed by atoms with van der Waals surface area (Å²) in [7, 11) is 4.56. The van der Waals surface area contributed by atoms with E-state index >= 15 is 0 Å². The molecule has 8 nitrogen and oxygen atoms in total. The molecular formula is C26H32N2O6S. The van der Waals surface area contributed by atoms with Crippen LogP contribution in [0.5, 0.6) is 17.2 Å². The van der Waals surface area contributed by atoms with Crippen molar-refractivity contribution in [2.45, 2.75) is 52.6 Å². The smallest absolute Gasteiger partial charge is 0.316 e. The van der Waals surface area contributed by atoms with Crippen LogP contribution in [0.3, 0.4) is 0 Å². The normalized spacial score (nSPS) is 19.1. The first-order valence-electron chi connectivity index (χ1n) is 11.3. The Morgan fingerprint density at radius 1 is 1.17 bits per heavy atom. The fourth-order valence-corrected chi connectivity index (χ4v) is 5.36. The highest BCUT2D eigenvalue weighted by Crippen LogP contribution is 2.50. The average Bonchev–Trinajstić information content (AvgIpc) is 2.79. The Morgan fingerprint density at radius 2 is 1.80 bits per heavy atom. The zero-order valence-electron chi connectivity index (χ0n) is 21.2. The van der Waals surface area contributed by atoms with Crippen LogP contribution >= 0.6 is 11.8 Å². The van der Waals surface area contributed by atoms with Gasteiger partial charge in [-0.1, -0.05) is 25.6 Å². The molecule has 1 aromatic rings. The van der Waals surface area contributed by atoms with Crippen molar-refractivity contribution in [3.63, 3.8) is 0 Å². The van der Waals surface area contributed by atoms with Crippen molar-refractivity contribution in [2.24, 2.45) is 5.41 Å². The minimum absolute atomic E-state index is 0.0153. The van der Waals surface area contributed by atoms with E-state index in [1.807, 2.05) is 13.8 Å². The van der Waals surface area contributed by atoms with Crippen molar-refractivity contribution in [1.82, 2.24) is 5.32 Å². The molecule has 1 aliphatic heterocycles. The molecule has 3 rings (SSSR count). The number of ketones is 1. The van der Waals surface area contributed by atoms with Gasteiger partial charge in [0.25, 0.3) is 0 Å². The Hall–Kier alpha value is -3.12. The second-order valence-electron chi connectivity index (χ2n) is 9.53. The average molecular weight is 501 g/mol. The summed E-state index contributed by atoms with van der Waals surface area (Å²) in [6, 6.07) is 5.82. The highest BCUT2D eigenvalue weighted by atomic mass is 32.2. The molecule has 0 aromatic heterocycles. The van der Waals surface area contributed by atoms with Crippen molar-refractivity contribution in [2.75, 3.05) is 27.1 Å². The molecule has 1 heterocycles. The number of benzene rings is 1. The lowest BCUT2D eigenvalue weighted by Gasteiger charge is -2.39. The summed E-state index contributed by atoms with van der Waals surface area (Å²) in [4.78, 5) is 25.6. The zero-order valence-corrected chi connectivity index (χ0v) is 22.1. The molecule has 0 amide bonds. The number of carbonyl (C=O) groups excluding carboxylic acids is 2. The van der Waals surface area contributed by atoms with E-state index in [0.29, 0.717) is 51.8 Å². The maximum atomic E-state index is 13.4. The van der Waals surface area contributed by atoms with Crippen molar-refractivity contribution >= 4 is 23.5 Å². The van der Waals surface area contributed by atoms with Crippen LogP contribution in [-0.2, 0) is 14.3 Å². The molecule has 0 fully saturated rings. The van der Waals surface area contributed by atoms with Crippen LogP contribution in [0.25, 0.3) is 0 Å². The van der Waals surface area contributed by atoms with Gasteiger partial charge in [0.15, 0.2) is 17.3 Å². The van der Waals surface area contributed by atoms with E-state index in [2.05, 4.69) is 11.4 Å². The molecule has 1 N–H and O–H groups in total. The van der Waals surface area contributed by atoms with Crippen molar-refractivity contribution in [1.29, 1.82) is 5.26 Å².